The Kier molecular flexibility index (Phi) is 3.78. The Balaban J connectivity index is 1.35. The van der Waals surface area contributed by atoms with Crippen molar-refractivity contribution in [2.24, 2.45) is 0 Å². The van der Waals surface area contributed by atoms with Crippen LogP contribution >= 0.6 is 11.3 Å². The molecule has 2 aromatic rings. The Labute approximate surface area is 138 Å². The molecule has 0 bridgehead atoms. The first kappa shape index (κ1) is 14.3. The molecule has 0 radical (unpaired) electrons. The van der Waals surface area contributed by atoms with Crippen molar-refractivity contribution in [3.05, 3.63) is 35.3 Å². The van der Waals surface area contributed by atoms with Crippen LogP contribution in [0.1, 0.15) is 5.56 Å². The Hall–Kier alpha value is -2.28. The molecule has 0 saturated carbocycles. The number of carbonyl (C=O) groups is 1. The number of benzene rings is 1. The van der Waals surface area contributed by atoms with Gasteiger partial charge in [0.05, 0.1) is 6.42 Å². The summed E-state index contributed by atoms with van der Waals surface area (Å²) in [4.78, 5) is 21.0. The first-order valence-electron chi connectivity index (χ1n) is 7.60. The molecule has 1 aromatic heterocycles. The van der Waals surface area contributed by atoms with Gasteiger partial charge in [-0.3, -0.25) is 4.79 Å². The number of nitrogens with zero attached hydrogens (tertiary/aromatic N) is 3. The molecule has 1 fully saturated rings. The van der Waals surface area contributed by atoms with Crippen LogP contribution in [0, 0.1) is 0 Å². The van der Waals surface area contributed by atoms with E-state index >= 15 is 0 Å². The molecule has 2 aliphatic heterocycles. The Morgan fingerprint density at radius 1 is 1.17 bits per heavy atom. The van der Waals surface area contributed by atoms with Gasteiger partial charge in [0.15, 0.2) is 16.6 Å². The summed E-state index contributed by atoms with van der Waals surface area (Å²) in [7, 11) is 0. The molecule has 23 heavy (non-hydrogen) atoms. The van der Waals surface area contributed by atoms with E-state index in [1.165, 1.54) is 0 Å². The van der Waals surface area contributed by atoms with Gasteiger partial charge in [-0.15, -0.1) is 11.3 Å². The van der Waals surface area contributed by atoms with Crippen LogP contribution in [0.15, 0.2) is 29.8 Å². The zero-order valence-corrected chi connectivity index (χ0v) is 13.4. The number of hydrogen-bond acceptors (Lipinski definition) is 6. The number of thiazole rings is 1. The molecule has 6 nitrogen and oxygen atoms in total. The molecule has 120 valence electrons. The maximum absolute atomic E-state index is 12.5. The van der Waals surface area contributed by atoms with E-state index in [-0.39, 0.29) is 12.7 Å². The Bertz CT molecular complexity index is 697. The fraction of sp³-hybridized carbons (Fsp3) is 0.375. The van der Waals surface area contributed by atoms with Crippen molar-refractivity contribution in [2.75, 3.05) is 37.9 Å². The summed E-state index contributed by atoms with van der Waals surface area (Å²) in [6.45, 7) is 3.40. The van der Waals surface area contributed by atoms with Crippen molar-refractivity contribution < 1.29 is 14.3 Å². The third-order valence-corrected chi connectivity index (χ3v) is 4.95. The van der Waals surface area contributed by atoms with Crippen LogP contribution in [0.5, 0.6) is 11.5 Å². The monoisotopic (exact) mass is 331 g/mol. The van der Waals surface area contributed by atoms with Crippen molar-refractivity contribution in [3.8, 4) is 11.5 Å². The molecule has 1 saturated heterocycles. The van der Waals surface area contributed by atoms with Gasteiger partial charge in [-0.1, -0.05) is 6.07 Å². The smallest absolute Gasteiger partial charge is 0.231 e. The number of amides is 1. The second-order valence-corrected chi connectivity index (χ2v) is 6.42. The lowest BCUT2D eigenvalue weighted by molar-refractivity contribution is -0.130. The summed E-state index contributed by atoms with van der Waals surface area (Å²) >= 11 is 1.64. The van der Waals surface area contributed by atoms with Crippen LogP contribution < -0.4 is 14.4 Å². The Morgan fingerprint density at radius 2 is 2.00 bits per heavy atom. The first-order valence-corrected chi connectivity index (χ1v) is 8.48. The van der Waals surface area contributed by atoms with E-state index < -0.39 is 0 Å². The molecule has 0 unspecified atom stereocenters. The van der Waals surface area contributed by atoms with Crippen molar-refractivity contribution in [1.29, 1.82) is 0 Å². The minimum Gasteiger partial charge on any atom is -0.454 e. The highest BCUT2D eigenvalue weighted by Crippen LogP contribution is 2.32. The van der Waals surface area contributed by atoms with Gasteiger partial charge in [0.25, 0.3) is 0 Å². The molecule has 2 aliphatic rings. The van der Waals surface area contributed by atoms with Crippen molar-refractivity contribution >= 4 is 22.4 Å². The second kappa shape index (κ2) is 6.08. The molecule has 1 aromatic carbocycles. The number of aromatic nitrogens is 1. The highest BCUT2D eigenvalue weighted by Gasteiger charge is 2.23. The largest absolute Gasteiger partial charge is 0.454 e. The number of rotatable bonds is 3. The second-order valence-electron chi connectivity index (χ2n) is 5.55. The molecule has 0 spiro atoms. The van der Waals surface area contributed by atoms with E-state index in [1.54, 1.807) is 11.3 Å². The van der Waals surface area contributed by atoms with Crippen LogP contribution in [0.4, 0.5) is 5.13 Å². The van der Waals surface area contributed by atoms with Crippen LogP contribution in [-0.4, -0.2) is 48.8 Å². The van der Waals surface area contributed by atoms with Crippen LogP contribution in [0.2, 0.25) is 0 Å². The molecule has 3 heterocycles. The summed E-state index contributed by atoms with van der Waals surface area (Å²) in [5.74, 6) is 1.63. The molecule has 7 heteroatoms. The number of fused-ring (bicyclic) bond motifs is 1. The number of piperazine rings is 1. The summed E-state index contributed by atoms with van der Waals surface area (Å²) < 4.78 is 10.7. The average Bonchev–Trinajstić information content (AvgIpc) is 3.26. The summed E-state index contributed by atoms with van der Waals surface area (Å²) in [6, 6.07) is 5.69. The number of hydrogen-bond donors (Lipinski definition) is 0. The molecular formula is C16H17N3O3S. The van der Waals surface area contributed by atoms with Gasteiger partial charge in [-0.25, -0.2) is 4.98 Å². The number of anilines is 1. The third kappa shape index (κ3) is 2.96. The summed E-state index contributed by atoms with van der Waals surface area (Å²) in [5.41, 5.74) is 0.960. The van der Waals surface area contributed by atoms with E-state index in [1.807, 2.05) is 34.7 Å². The fourth-order valence-corrected chi connectivity index (χ4v) is 3.55. The molecule has 1 amide bonds. The topological polar surface area (TPSA) is 54.9 Å². The van der Waals surface area contributed by atoms with E-state index in [4.69, 9.17) is 9.47 Å². The lowest BCUT2D eigenvalue weighted by atomic mass is 10.1. The standard InChI is InChI=1S/C16H17N3O3S/c20-15(10-12-1-2-13-14(9-12)22-11-21-13)18-4-6-19(7-5-18)16-17-3-8-23-16/h1-3,8-9H,4-7,10-11H2. The third-order valence-electron chi connectivity index (χ3n) is 4.11. The summed E-state index contributed by atoms with van der Waals surface area (Å²) in [6.07, 6.45) is 2.21. The maximum atomic E-state index is 12.5. The average molecular weight is 331 g/mol. The lowest BCUT2D eigenvalue weighted by Gasteiger charge is -2.34. The van der Waals surface area contributed by atoms with E-state index in [9.17, 15) is 4.79 Å². The van der Waals surface area contributed by atoms with Crippen molar-refractivity contribution in [2.45, 2.75) is 6.42 Å². The van der Waals surface area contributed by atoms with E-state index in [0.29, 0.717) is 6.42 Å². The SMILES string of the molecule is O=C(Cc1ccc2c(c1)OCO2)N1CCN(c2nccs2)CC1. The quantitative estimate of drug-likeness (QED) is 0.858. The van der Waals surface area contributed by atoms with E-state index in [2.05, 4.69) is 9.88 Å². The van der Waals surface area contributed by atoms with Crippen LogP contribution in [-0.2, 0) is 11.2 Å². The zero-order valence-electron chi connectivity index (χ0n) is 12.6. The lowest BCUT2D eigenvalue weighted by Crippen LogP contribution is -2.49. The van der Waals surface area contributed by atoms with Crippen LogP contribution in [0.25, 0.3) is 0 Å². The molecular weight excluding hydrogens is 314 g/mol. The van der Waals surface area contributed by atoms with Gasteiger partial charge in [-0.05, 0) is 17.7 Å². The number of ether oxygens (including phenoxy) is 2. The minimum absolute atomic E-state index is 0.155. The maximum Gasteiger partial charge on any atom is 0.231 e. The first-order chi connectivity index (χ1) is 11.3. The van der Waals surface area contributed by atoms with Gasteiger partial charge in [0, 0.05) is 37.8 Å². The Morgan fingerprint density at radius 3 is 2.78 bits per heavy atom. The highest BCUT2D eigenvalue weighted by molar-refractivity contribution is 7.13. The van der Waals surface area contributed by atoms with Gasteiger partial charge < -0.3 is 19.3 Å². The fourth-order valence-electron chi connectivity index (χ4n) is 2.86. The summed E-state index contributed by atoms with van der Waals surface area (Å²) in [5, 5.41) is 3.01. The van der Waals surface area contributed by atoms with Gasteiger partial charge >= 0.3 is 0 Å². The van der Waals surface area contributed by atoms with Gasteiger partial charge in [0.2, 0.25) is 12.7 Å². The minimum atomic E-state index is 0.155. The molecule has 0 aliphatic carbocycles. The molecule has 0 N–H and O–H groups in total. The molecule has 4 rings (SSSR count). The van der Waals surface area contributed by atoms with Crippen molar-refractivity contribution in [3.63, 3.8) is 0 Å². The van der Waals surface area contributed by atoms with Gasteiger partial charge in [0.1, 0.15) is 0 Å². The normalized spacial score (nSPS) is 16.7. The molecule has 0 atom stereocenters. The predicted octanol–water partition coefficient (Wildman–Crippen LogP) is 1.76. The number of carbonyl (C=O) groups excluding carboxylic acids is 1. The van der Waals surface area contributed by atoms with Crippen molar-refractivity contribution in [1.82, 2.24) is 9.88 Å². The predicted molar refractivity (Wildman–Crippen MR) is 87.2 cm³/mol. The highest BCUT2D eigenvalue weighted by atomic mass is 32.1. The zero-order chi connectivity index (χ0) is 15.6. The van der Waals surface area contributed by atoms with E-state index in [0.717, 1.165) is 48.4 Å². The van der Waals surface area contributed by atoms with Gasteiger partial charge in [-0.2, -0.15) is 0 Å². The van der Waals surface area contributed by atoms with Crippen LogP contribution in [0.3, 0.4) is 0 Å².